The summed E-state index contributed by atoms with van der Waals surface area (Å²) in [5.74, 6) is 0. The highest BCUT2D eigenvalue weighted by Gasteiger charge is 2.12. The standard InChI is InChI=1S/C34H21NO.C2H6.H2/c1-2-8-23-20-31-29(18-22(23)7-1)28-13-6-12-26(34(28)35-31)25-10-5-9-21(17-25)24-15-16-33-30(19-24)27-11-3-4-14-32(27)36-33;1-2;/h1-20,35H;1-2H3;1H. The second kappa shape index (κ2) is 8.93. The van der Waals surface area contributed by atoms with E-state index >= 15 is 0 Å². The number of fused-ring (bicyclic) bond motifs is 7. The Morgan fingerprint density at radius 3 is 2.08 bits per heavy atom. The third-order valence-corrected chi connectivity index (χ3v) is 7.38. The number of hydrogen-bond acceptors (Lipinski definition) is 1. The van der Waals surface area contributed by atoms with Crippen LogP contribution in [0.15, 0.2) is 126 Å². The van der Waals surface area contributed by atoms with Crippen molar-refractivity contribution in [2.75, 3.05) is 0 Å². The molecule has 38 heavy (non-hydrogen) atoms. The van der Waals surface area contributed by atoms with Crippen molar-refractivity contribution < 1.29 is 5.84 Å². The van der Waals surface area contributed by atoms with E-state index in [-0.39, 0.29) is 1.43 Å². The summed E-state index contributed by atoms with van der Waals surface area (Å²) >= 11 is 0. The van der Waals surface area contributed by atoms with Crippen LogP contribution in [0.3, 0.4) is 0 Å². The zero-order valence-corrected chi connectivity index (χ0v) is 21.5. The molecule has 2 heterocycles. The summed E-state index contributed by atoms with van der Waals surface area (Å²) in [6, 6.07) is 43.2. The van der Waals surface area contributed by atoms with Crippen LogP contribution in [0, 0.1) is 0 Å². The van der Waals surface area contributed by atoms with Gasteiger partial charge >= 0.3 is 0 Å². The average molecular weight is 492 g/mol. The average Bonchev–Trinajstić information content (AvgIpc) is 3.54. The molecule has 2 aromatic heterocycles. The Balaban J connectivity index is 0.000000903. The lowest BCUT2D eigenvalue weighted by Crippen LogP contribution is -1.83. The van der Waals surface area contributed by atoms with Crippen LogP contribution in [-0.4, -0.2) is 4.98 Å². The summed E-state index contributed by atoms with van der Waals surface area (Å²) < 4.78 is 6.04. The van der Waals surface area contributed by atoms with Crippen LogP contribution in [0.4, 0.5) is 0 Å². The number of benzene rings is 6. The van der Waals surface area contributed by atoms with Gasteiger partial charge < -0.3 is 9.40 Å². The summed E-state index contributed by atoms with van der Waals surface area (Å²) in [6.45, 7) is 4.00. The van der Waals surface area contributed by atoms with Crippen LogP contribution in [0.5, 0.6) is 0 Å². The SMILES string of the molecule is CC.[HH].c1cc(-c2ccc3oc4ccccc4c3c2)cc(-c2cccc3c2[nH]c2cc4ccccc4cc23)c1. The van der Waals surface area contributed by atoms with Crippen molar-refractivity contribution in [2.24, 2.45) is 0 Å². The number of H-pyrrole nitrogens is 1. The molecule has 0 bridgehead atoms. The van der Waals surface area contributed by atoms with E-state index in [9.17, 15) is 0 Å². The Kier molecular flexibility index (Phi) is 5.26. The van der Waals surface area contributed by atoms with E-state index < -0.39 is 0 Å². The quantitative estimate of drug-likeness (QED) is 0.256. The van der Waals surface area contributed by atoms with Crippen molar-refractivity contribution in [2.45, 2.75) is 13.8 Å². The van der Waals surface area contributed by atoms with Gasteiger partial charge in [-0.1, -0.05) is 98.8 Å². The minimum Gasteiger partial charge on any atom is -0.456 e. The third-order valence-electron chi connectivity index (χ3n) is 7.38. The molecule has 0 saturated carbocycles. The lowest BCUT2D eigenvalue weighted by atomic mass is 9.96. The van der Waals surface area contributed by atoms with Crippen LogP contribution >= 0.6 is 0 Å². The van der Waals surface area contributed by atoms with Gasteiger partial charge in [0.1, 0.15) is 11.2 Å². The fourth-order valence-electron chi connectivity index (χ4n) is 5.63. The Hall–Kier alpha value is -4.82. The maximum absolute atomic E-state index is 6.04. The van der Waals surface area contributed by atoms with Crippen molar-refractivity contribution >= 4 is 54.5 Å². The minimum atomic E-state index is 0. The van der Waals surface area contributed by atoms with Gasteiger partial charge in [0.2, 0.25) is 0 Å². The minimum absolute atomic E-state index is 0. The van der Waals surface area contributed by atoms with Gasteiger partial charge in [-0.2, -0.15) is 0 Å². The lowest BCUT2D eigenvalue weighted by molar-refractivity contribution is 0.669. The number of nitrogens with one attached hydrogen (secondary N) is 1. The number of aromatic nitrogens is 1. The van der Waals surface area contributed by atoms with E-state index in [1.807, 2.05) is 26.0 Å². The molecular weight excluding hydrogens is 462 g/mol. The Morgan fingerprint density at radius 2 is 1.18 bits per heavy atom. The van der Waals surface area contributed by atoms with Crippen LogP contribution < -0.4 is 0 Å². The number of aromatic amines is 1. The molecule has 6 aromatic carbocycles. The molecule has 2 nitrogen and oxygen atoms in total. The van der Waals surface area contributed by atoms with Gasteiger partial charge in [0, 0.05) is 34.1 Å². The highest BCUT2D eigenvalue weighted by molar-refractivity contribution is 6.15. The van der Waals surface area contributed by atoms with Gasteiger partial charge in [-0.25, -0.2) is 0 Å². The predicted molar refractivity (Wildman–Crippen MR) is 165 cm³/mol. The smallest absolute Gasteiger partial charge is 0.135 e. The zero-order valence-electron chi connectivity index (χ0n) is 21.5. The van der Waals surface area contributed by atoms with Crippen molar-refractivity contribution in [1.82, 2.24) is 4.98 Å². The Labute approximate surface area is 222 Å². The van der Waals surface area contributed by atoms with Gasteiger partial charge in [0.25, 0.3) is 0 Å². The number of para-hydroxylation sites is 2. The first-order valence-corrected chi connectivity index (χ1v) is 13.3. The maximum Gasteiger partial charge on any atom is 0.135 e. The molecule has 0 saturated heterocycles. The predicted octanol–water partition coefficient (Wildman–Crippen LogP) is 11.0. The third kappa shape index (κ3) is 3.49. The number of rotatable bonds is 2. The fraction of sp³-hybridized carbons (Fsp3) is 0.0556. The first-order chi connectivity index (χ1) is 18.8. The Bertz CT molecular complexity index is 2110. The highest BCUT2D eigenvalue weighted by Crippen LogP contribution is 2.37. The van der Waals surface area contributed by atoms with E-state index in [0.717, 1.165) is 21.9 Å². The van der Waals surface area contributed by atoms with Crippen LogP contribution in [0.2, 0.25) is 0 Å². The van der Waals surface area contributed by atoms with Gasteiger partial charge in [0.05, 0.1) is 5.52 Å². The van der Waals surface area contributed by atoms with E-state index in [1.54, 1.807) is 0 Å². The van der Waals surface area contributed by atoms with E-state index in [1.165, 1.54) is 54.8 Å². The molecule has 0 spiro atoms. The van der Waals surface area contributed by atoms with Crippen molar-refractivity contribution in [3.63, 3.8) is 0 Å². The topological polar surface area (TPSA) is 28.9 Å². The van der Waals surface area contributed by atoms with Crippen molar-refractivity contribution in [3.05, 3.63) is 121 Å². The summed E-state index contributed by atoms with van der Waals surface area (Å²) in [5.41, 5.74) is 8.99. The van der Waals surface area contributed by atoms with Gasteiger partial charge in [-0.3, -0.25) is 0 Å². The molecule has 0 amide bonds. The largest absolute Gasteiger partial charge is 0.456 e. The molecule has 8 aromatic rings. The monoisotopic (exact) mass is 491 g/mol. The second-order valence-corrected chi connectivity index (χ2v) is 9.49. The molecule has 0 radical (unpaired) electrons. The molecular formula is C36H29NO. The van der Waals surface area contributed by atoms with Gasteiger partial charge in [-0.05, 0) is 63.9 Å². The molecule has 0 aliphatic heterocycles. The molecule has 184 valence electrons. The summed E-state index contributed by atoms with van der Waals surface area (Å²) in [5, 5.41) is 7.34. The van der Waals surface area contributed by atoms with Crippen LogP contribution in [0.25, 0.3) is 76.8 Å². The first kappa shape index (κ1) is 22.4. The molecule has 0 aliphatic rings. The van der Waals surface area contributed by atoms with Crippen molar-refractivity contribution in [3.8, 4) is 22.3 Å². The number of furan rings is 1. The zero-order chi connectivity index (χ0) is 25.6. The summed E-state index contributed by atoms with van der Waals surface area (Å²) in [6.07, 6.45) is 0. The first-order valence-electron chi connectivity index (χ1n) is 13.3. The second-order valence-electron chi connectivity index (χ2n) is 9.49. The molecule has 0 fully saturated rings. The molecule has 0 aliphatic carbocycles. The normalized spacial score (nSPS) is 11.4. The van der Waals surface area contributed by atoms with Gasteiger partial charge in [0.15, 0.2) is 0 Å². The molecule has 0 atom stereocenters. The summed E-state index contributed by atoms with van der Waals surface area (Å²) in [4.78, 5) is 3.72. The Morgan fingerprint density at radius 1 is 0.500 bits per heavy atom. The van der Waals surface area contributed by atoms with Gasteiger partial charge in [-0.15, -0.1) is 0 Å². The lowest BCUT2D eigenvalue weighted by Gasteiger charge is -2.08. The van der Waals surface area contributed by atoms with Crippen LogP contribution in [-0.2, 0) is 0 Å². The van der Waals surface area contributed by atoms with Crippen LogP contribution in [0.1, 0.15) is 15.3 Å². The van der Waals surface area contributed by atoms with E-state index in [2.05, 4.69) is 114 Å². The fourth-order valence-corrected chi connectivity index (χ4v) is 5.63. The maximum atomic E-state index is 6.04. The van der Waals surface area contributed by atoms with E-state index in [4.69, 9.17) is 4.42 Å². The summed E-state index contributed by atoms with van der Waals surface area (Å²) in [7, 11) is 0. The highest BCUT2D eigenvalue weighted by atomic mass is 16.3. The molecule has 0 unspecified atom stereocenters. The van der Waals surface area contributed by atoms with Crippen molar-refractivity contribution in [1.29, 1.82) is 0 Å². The molecule has 1 N–H and O–H groups in total. The molecule has 2 heteroatoms. The number of hydrogen-bond donors (Lipinski definition) is 1. The van der Waals surface area contributed by atoms with E-state index in [0.29, 0.717) is 0 Å². The molecule has 8 rings (SSSR count).